The molecule has 92 valence electrons. The van der Waals surface area contributed by atoms with E-state index in [2.05, 4.69) is 0 Å². The normalized spacial score (nSPS) is 13.8. The number of carbonyl (C=O) groups is 1. The van der Waals surface area contributed by atoms with Crippen molar-refractivity contribution in [3.05, 3.63) is 71.8 Å². The average molecular weight is 241 g/mol. The van der Waals surface area contributed by atoms with E-state index < -0.39 is 11.5 Å². The van der Waals surface area contributed by atoms with Crippen LogP contribution in [0.3, 0.4) is 0 Å². The summed E-state index contributed by atoms with van der Waals surface area (Å²) in [7, 11) is 0. The van der Waals surface area contributed by atoms with Gasteiger partial charge >= 0.3 is 5.97 Å². The standard InChI is InChI=1S/C15H15NO2/c16-15(14(17)18,13-9-5-2-6-10-13)11-12-7-3-1-4-8-12/h1-10H,11,16H2,(H,17,18)/t15-/m1/s1. The van der Waals surface area contributed by atoms with E-state index in [0.717, 1.165) is 5.56 Å². The highest BCUT2D eigenvalue weighted by atomic mass is 16.4. The molecule has 2 aromatic carbocycles. The minimum Gasteiger partial charge on any atom is -0.480 e. The van der Waals surface area contributed by atoms with Crippen LogP contribution in [0.1, 0.15) is 11.1 Å². The molecule has 0 amide bonds. The highest BCUT2D eigenvalue weighted by Gasteiger charge is 2.35. The maximum Gasteiger partial charge on any atom is 0.328 e. The van der Waals surface area contributed by atoms with E-state index in [4.69, 9.17) is 5.73 Å². The molecule has 18 heavy (non-hydrogen) atoms. The van der Waals surface area contributed by atoms with Crippen LogP contribution in [0.15, 0.2) is 60.7 Å². The summed E-state index contributed by atoms with van der Waals surface area (Å²) in [5.74, 6) is -1.02. The van der Waals surface area contributed by atoms with Gasteiger partial charge in [-0.15, -0.1) is 0 Å². The van der Waals surface area contributed by atoms with Crippen LogP contribution in [-0.2, 0) is 16.8 Å². The van der Waals surface area contributed by atoms with Crippen LogP contribution < -0.4 is 5.73 Å². The summed E-state index contributed by atoms with van der Waals surface area (Å²) < 4.78 is 0. The van der Waals surface area contributed by atoms with Crippen molar-refractivity contribution in [1.29, 1.82) is 0 Å². The molecular weight excluding hydrogens is 226 g/mol. The number of benzene rings is 2. The number of hydrogen-bond acceptors (Lipinski definition) is 2. The second-order valence-corrected chi connectivity index (χ2v) is 4.30. The molecule has 1 atom stereocenters. The van der Waals surface area contributed by atoms with Gasteiger partial charge in [0.15, 0.2) is 0 Å². The lowest BCUT2D eigenvalue weighted by Crippen LogP contribution is -2.46. The fraction of sp³-hybridized carbons (Fsp3) is 0.133. The molecule has 0 aromatic heterocycles. The van der Waals surface area contributed by atoms with E-state index in [9.17, 15) is 9.90 Å². The molecule has 0 heterocycles. The first kappa shape index (κ1) is 12.3. The summed E-state index contributed by atoms with van der Waals surface area (Å²) >= 11 is 0. The van der Waals surface area contributed by atoms with Crippen molar-refractivity contribution in [3.63, 3.8) is 0 Å². The number of aliphatic carboxylic acids is 1. The lowest BCUT2D eigenvalue weighted by Gasteiger charge is -2.25. The molecule has 0 saturated heterocycles. The second-order valence-electron chi connectivity index (χ2n) is 4.30. The van der Waals surface area contributed by atoms with Crippen LogP contribution in [-0.4, -0.2) is 11.1 Å². The van der Waals surface area contributed by atoms with Crippen LogP contribution in [0.2, 0.25) is 0 Å². The van der Waals surface area contributed by atoms with E-state index >= 15 is 0 Å². The van der Waals surface area contributed by atoms with Crippen molar-refractivity contribution in [2.75, 3.05) is 0 Å². The number of nitrogens with two attached hydrogens (primary N) is 1. The van der Waals surface area contributed by atoms with Gasteiger partial charge in [-0.25, -0.2) is 4.79 Å². The van der Waals surface area contributed by atoms with Gasteiger partial charge in [0.2, 0.25) is 0 Å². The molecule has 0 bridgehead atoms. The highest BCUT2D eigenvalue weighted by Crippen LogP contribution is 2.23. The Labute approximate surface area is 106 Å². The van der Waals surface area contributed by atoms with Crippen molar-refractivity contribution in [1.82, 2.24) is 0 Å². The molecule has 3 heteroatoms. The fourth-order valence-electron chi connectivity index (χ4n) is 1.95. The van der Waals surface area contributed by atoms with Gasteiger partial charge in [-0.05, 0) is 11.1 Å². The Hall–Kier alpha value is -2.13. The van der Waals surface area contributed by atoms with Gasteiger partial charge < -0.3 is 10.8 Å². The minimum atomic E-state index is -1.39. The largest absolute Gasteiger partial charge is 0.480 e. The van der Waals surface area contributed by atoms with E-state index in [1.807, 2.05) is 36.4 Å². The zero-order valence-electron chi connectivity index (χ0n) is 9.91. The third kappa shape index (κ3) is 2.41. The van der Waals surface area contributed by atoms with Gasteiger partial charge in [-0.3, -0.25) is 0 Å². The van der Waals surface area contributed by atoms with Crippen LogP contribution in [0.25, 0.3) is 0 Å². The summed E-state index contributed by atoms with van der Waals surface area (Å²) in [4.78, 5) is 11.5. The predicted molar refractivity (Wildman–Crippen MR) is 70.1 cm³/mol. The molecule has 3 nitrogen and oxygen atoms in total. The van der Waals surface area contributed by atoms with E-state index in [1.54, 1.807) is 24.3 Å². The van der Waals surface area contributed by atoms with Gasteiger partial charge in [-0.2, -0.15) is 0 Å². The molecule has 0 saturated carbocycles. The average Bonchev–Trinajstić information content (AvgIpc) is 2.40. The Bertz CT molecular complexity index is 525. The van der Waals surface area contributed by atoms with Crippen LogP contribution in [0.5, 0.6) is 0 Å². The Morgan fingerprint density at radius 3 is 2.00 bits per heavy atom. The Kier molecular flexibility index (Phi) is 3.44. The molecule has 0 radical (unpaired) electrons. The first-order valence-corrected chi connectivity index (χ1v) is 5.74. The third-order valence-corrected chi connectivity index (χ3v) is 3.00. The van der Waals surface area contributed by atoms with Gasteiger partial charge in [0.25, 0.3) is 0 Å². The zero-order chi connectivity index (χ0) is 13.0. The number of carboxylic acids is 1. The summed E-state index contributed by atoms with van der Waals surface area (Å²) in [5, 5.41) is 9.42. The second kappa shape index (κ2) is 5.02. The first-order chi connectivity index (χ1) is 8.63. The summed E-state index contributed by atoms with van der Waals surface area (Å²) in [5.41, 5.74) is 6.23. The molecule has 0 aliphatic heterocycles. The van der Waals surface area contributed by atoms with Gasteiger partial charge in [-0.1, -0.05) is 60.7 Å². The molecular formula is C15H15NO2. The molecule has 3 N–H and O–H groups in total. The van der Waals surface area contributed by atoms with Crippen molar-refractivity contribution in [3.8, 4) is 0 Å². The number of carboxylic acid groups (broad SMARTS) is 1. The van der Waals surface area contributed by atoms with Gasteiger partial charge in [0.05, 0.1) is 0 Å². The molecule has 2 rings (SSSR count). The van der Waals surface area contributed by atoms with Crippen molar-refractivity contribution < 1.29 is 9.90 Å². The quantitative estimate of drug-likeness (QED) is 0.862. The van der Waals surface area contributed by atoms with Gasteiger partial charge in [0, 0.05) is 6.42 Å². The molecule has 0 fully saturated rings. The van der Waals surface area contributed by atoms with Gasteiger partial charge in [0.1, 0.15) is 5.54 Å². The summed E-state index contributed by atoms with van der Waals surface area (Å²) in [6.45, 7) is 0. The highest BCUT2D eigenvalue weighted by molar-refractivity contribution is 5.81. The molecule has 0 aliphatic carbocycles. The lowest BCUT2D eigenvalue weighted by atomic mass is 9.85. The van der Waals surface area contributed by atoms with Crippen LogP contribution in [0.4, 0.5) is 0 Å². The van der Waals surface area contributed by atoms with Crippen LogP contribution >= 0.6 is 0 Å². The summed E-state index contributed by atoms with van der Waals surface area (Å²) in [6, 6.07) is 18.3. The molecule has 2 aromatic rings. The maximum absolute atomic E-state index is 11.5. The lowest BCUT2D eigenvalue weighted by molar-refractivity contribution is -0.143. The van der Waals surface area contributed by atoms with E-state index in [0.29, 0.717) is 5.56 Å². The Balaban J connectivity index is 2.37. The van der Waals surface area contributed by atoms with Crippen molar-refractivity contribution in [2.45, 2.75) is 12.0 Å². The molecule has 0 aliphatic rings. The maximum atomic E-state index is 11.5. The smallest absolute Gasteiger partial charge is 0.328 e. The molecule has 0 unspecified atom stereocenters. The number of hydrogen-bond donors (Lipinski definition) is 2. The SMILES string of the molecule is N[C@@](Cc1ccccc1)(C(=O)O)c1ccccc1. The Morgan fingerprint density at radius 2 is 1.50 bits per heavy atom. The molecule has 0 spiro atoms. The van der Waals surface area contributed by atoms with Crippen molar-refractivity contribution in [2.24, 2.45) is 5.73 Å². The van der Waals surface area contributed by atoms with E-state index in [-0.39, 0.29) is 6.42 Å². The third-order valence-electron chi connectivity index (χ3n) is 3.00. The fourth-order valence-corrected chi connectivity index (χ4v) is 1.95. The van der Waals surface area contributed by atoms with Crippen LogP contribution in [0, 0.1) is 0 Å². The van der Waals surface area contributed by atoms with E-state index in [1.165, 1.54) is 0 Å². The van der Waals surface area contributed by atoms with Crippen molar-refractivity contribution >= 4 is 5.97 Å². The zero-order valence-corrected chi connectivity index (χ0v) is 9.91. The monoisotopic (exact) mass is 241 g/mol. The predicted octanol–water partition coefficient (Wildman–Crippen LogP) is 2.17. The summed E-state index contributed by atoms with van der Waals surface area (Å²) in [6.07, 6.45) is 0.271. The minimum absolute atomic E-state index is 0.271. The Morgan fingerprint density at radius 1 is 1.00 bits per heavy atom. The first-order valence-electron chi connectivity index (χ1n) is 5.74. The topological polar surface area (TPSA) is 63.3 Å². The number of rotatable bonds is 4.